The first-order valence-electron chi connectivity index (χ1n) is 7.34. The molecule has 0 heterocycles. The van der Waals surface area contributed by atoms with Crippen LogP contribution in [0.3, 0.4) is 0 Å². The maximum atomic E-state index is 12.3. The predicted octanol–water partition coefficient (Wildman–Crippen LogP) is 4.55. The number of non-ortho nitro benzene ring substituents is 1. The molecular formula is C17H18N2O3S2. The van der Waals surface area contributed by atoms with Gasteiger partial charge in [-0.15, -0.1) is 11.8 Å². The third-order valence-corrected chi connectivity index (χ3v) is 5.15. The molecule has 0 radical (unpaired) electrons. The van der Waals surface area contributed by atoms with Crippen LogP contribution in [0.15, 0.2) is 56.7 Å². The van der Waals surface area contributed by atoms with E-state index in [1.54, 1.807) is 30.0 Å². The molecule has 0 saturated heterocycles. The smallest absolute Gasteiger partial charge is 0.270 e. The molecule has 1 unspecified atom stereocenters. The highest BCUT2D eigenvalue weighted by atomic mass is 32.2. The SMILES string of the molecule is Cc1ccc([S+]([O-])N=Cc2cc([N+](=O)[O-])ccc2SC(C)C)cc1. The number of nitrogens with zero attached hydrogens (tertiary/aromatic N) is 2. The van der Waals surface area contributed by atoms with Crippen LogP contribution in [-0.2, 0) is 11.4 Å². The summed E-state index contributed by atoms with van der Waals surface area (Å²) in [6, 6.07) is 11.9. The summed E-state index contributed by atoms with van der Waals surface area (Å²) in [4.78, 5) is 12.0. The summed E-state index contributed by atoms with van der Waals surface area (Å²) in [5.41, 5.74) is 1.67. The van der Waals surface area contributed by atoms with Crippen LogP contribution in [0.4, 0.5) is 5.69 Å². The highest BCUT2D eigenvalue weighted by Gasteiger charge is 2.13. The Bertz CT molecular complexity index is 746. The molecule has 0 fully saturated rings. The lowest BCUT2D eigenvalue weighted by molar-refractivity contribution is -0.384. The zero-order chi connectivity index (χ0) is 17.7. The first-order valence-corrected chi connectivity index (χ1v) is 9.33. The van der Waals surface area contributed by atoms with Gasteiger partial charge in [-0.1, -0.05) is 35.9 Å². The van der Waals surface area contributed by atoms with E-state index in [0.717, 1.165) is 10.5 Å². The lowest BCUT2D eigenvalue weighted by atomic mass is 10.2. The van der Waals surface area contributed by atoms with E-state index in [2.05, 4.69) is 4.40 Å². The van der Waals surface area contributed by atoms with Crippen LogP contribution >= 0.6 is 11.8 Å². The fourth-order valence-corrected chi connectivity index (χ4v) is 3.53. The molecule has 0 bridgehead atoms. The molecule has 0 N–H and O–H groups in total. The molecule has 1 atom stereocenters. The number of aryl methyl sites for hydroxylation is 1. The maximum Gasteiger partial charge on any atom is 0.270 e. The van der Waals surface area contributed by atoms with Crippen LogP contribution in [-0.4, -0.2) is 20.9 Å². The van der Waals surface area contributed by atoms with Crippen molar-refractivity contribution in [2.75, 3.05) is 0 Å². The molecule has 0 aromatic heterocycles. The first-order chi connectivity index (χ1) is 11.4. The molecule has 2 aromatic rings. The Hall–Kier alpha value is -1.83. The van der Waals surface area contributed by atoms with E-state index < -0.39 is 16.3 Å². The lowest BCUT2D eigenvalue weighted by Crippen LogP contribution is -2.00. The summed E-state index contributed by atoms with van der Waals surface area (Å²) in [6.45, 7) is 6.03. The van der Waals surface area contributed by atoms with Crippen molar-refractivity contribution in [2.24, 2.45) is 4.40 Å². The number of rotatable bonds is 6. The van der Waals surface area contributed by atoms with Crippen molar-refractivity contribution in [2.45, 2.75) is 35.8 Å². The van der Waals surface area contributed by atoms with Gasteiger partial charge in [-0.2, -0.15) is 0 Å². The zero-order valence-electron chi connectivity index (χ0n) is 13.6. The van der Waals surface area contributed by atoms with Gasteiger partial charge in [-0.05, 0) is 25.1 Å². The normalized spacial score (nSPS) is 12.7. The van der Waals surface area contributed by atoms with Gasteiger partial charge < -0.3 is 4.55 Å². The first kappa shape index (κ1) is 18.5. The molecule has 0 saturated carbocycles. The standard InChI is InChI=1S/C17H18N2O3S2/c1-12(2)23-17-9-6-15(19(20)21)10-14(17)11-18-24(22)16-7-4-13(3)5-8-16/h4-12H,1-3H3. The van der Waals surface area contributed by atoms with Crippen molar-refractivity contribution < 1.29 is 9.48 Å². The molecule has 24 heavy (non-hydrogen) atoms. The van der Waals surface area contributed by atoms with Gasteiger partial charge in [-0.25, -0.2) is 0 Å². The van der Waals surface area contributed by atoms with Gasteiger partial charge in [0, 0.05) is 27.8 Å². The molecule has 0 aliphatic carbocycles. The molecule has 0 aliphatic heterocycles. The quantitative estimate of drug-likeness (QED) is 0.248. The van der Waals surface area contributed by atoms with Crippen LogP contribution in [0.1, 0.15) is 25.0 Å². The summed E-state index contributed by atoms with van der Waals surface area (Å²) in [6.07, 6.45) is 1.45. The topological polar surface area (TPSA) is 78.6 Å². The Labute approximate surface area is 148 Å². The highest BCUT2D eigenvalue weighted by Crippen LogP contribution is 2.29. The zero-order valence-corrected chi connectivity index (χ0v) is 15.3. The second kappa shape index (κ2) is 8.32. The molecule has 0 aliphatic rings. The van der Waals surface area contributed by atoms with Crippen molar-refractivity contribution in [1.82, 2.24) is 0 Å². The van der Waals surface area contributed by atoms with Gasteiger partial charge in [-0.3, -0.25) is 10.1 Å². The van der Waals surface area contributed by atoms with E-state index >= 15 is 0 Å². The minimum Gasteiger partial charge on any atom is -0.586 e. The second-order valence-electron chi connectivity index (χ2n) is 5.44. The van der Waals surface area contributed by atoms with Crippen LogP contribution < -0.4 is 0 Å². The van der Waals surface area contributed by atoms with E-state index in [9.17, 15) is 14.7 Å². The Kier molecular flexibility index (Phi) is 6.42. The Balaban J connectivity index is 2.29. The van der Waals surface area contributed by atoms with E-state index in [1.807, 2.05) is 32.9 Å². The monoisotopic (exact) mass is 362 g/mol. The van der Waals surface area contributed by atoms with Crippen LogP contribution in [0.25, 0.3) is 0 Å². The van der Waals surface area contributed by atoms with E-state index in [0.29, 0.717) is 15.7 Å². The predicted molar refractivity (Wildman–Crippen MR) is 99.3 cm³/mol. The maximum absolute atomic E-state index is 12.3. The summed E-state index contributed by atoms with van der Waals surface area (Å²) in [5.74, 6) is 0. The van der Waals surface area contributed by atoms with Gasteiger partial charge in [0.25, 0.3) is 5.69 Å². The Morgan fingerprint density at radius 1 is 1.21 bits per heavy atom. The minimum atomic E-state index is -1.54. The van der Waals surface area contributed by atoms with Gasteiger partial charge in [0.1, 0.15) is 11.4 Å². The van der Waals surface area contributed by atoms with Crippen molar-refractivity contribution in [3.8, 4) is 0 Å². The van der Waals surface area contributed by atoms with Crippen molar-refractivity contribution in [3.05, 3.63) is 63.7 Å². The van der Waals surface area contributed by atoms with E-state index in [1.165, 1.54) is 18.3 Å². The molecule has 5 nitrogen and oxygen atoms in total. The number of benzene rings is 2. The van der Waals surface area contributed by atoms with Gasteiger partial charge in [0.15, 0.2) is 4.90 Å². The summed E-state index contributed by atoms with van der Waals surface area (Å²) >= 11 is 0.0420. The third kappa shape index (κ3) is 5.09. The lowest BCUT2D eigenvalue weighted by Gasteiger charge is -2.08. The van der Waals surface area contributed by atoms with Crippen molar-refractivity contribution in [1.29, 1.82) is 0 Å². The number of hydrogen-bond donors (Lipinski definition) is 0. The number of nitro benzene ring substituents is 1. The Morgan fingerprint density at radius 3 is 2.46 bits per heavy atom. The molecule has 0 amide bonds. The summed E-state index contributed by atoms with van der Waals surface area (Å²) < 4.78 is 16.3. The molecule has 2 aromatic carbocycles. The third-order valence-electron chi connectivity index (χ3n) is 3.08. The van der Waals surface area contributed by atoms with E-state index in [-0.39, 0.29) is 5.69 Å². The van der Waals surface area contributed by atoms with Crippen molar-refractivity contribution >= 4 is 35.0 Å². The number of hydrogen-bond acceptors (Lipinski definition) is 5. The van der Waals surface area contributed by atoms with Crippen LogP contribution in [0, 0.1) is 17.0 Å². The van der Waals surface area contributed by atoms with Gasteiger partial charge in [0.2, 0.25) is 0 Å². The minimum absolute atomic E-state index is 0.00863. The highest BCUT2D eigenvalue weighted by molar-refractivity contribution is 8.00. The molecule has 0 spiro atoms. The average Bonchev–Trinajstić information content (AvgIpc) is 2.53. The molecule has 126 valence electrons. The fraction of sp³-hybridized carbons (Fsp3) is 0.235. The fourth-order valence-electron chi connectivity index (χ4n) is 1.93. The van der Waals surface area contributed by atoms with Gasteiger partial charge >= 0.3 is 0 Å². The summed E-state index contributed by atoms with van der Waals surface area (Å²) in [7, 11) is 0. The molecule has 7 heteroatoms. The van der Waals surface area contributed by atoms with Crippen molar-refractivity contribution in [3.63, 3.8) is 0 Å². The van der Waals surface area contributed by atoms with Gasteiger partial charge in [0.05, 0.1) is 11.1 Å². The van der Waals surface area contributed by atoms with Crippen LogP contribution in [0.5, 0.6) is 0 Å². The number of nitro groups is 1. The van der Waals surface area contributed by atoms with E-state index in [4.69, 9.17) is 0 Å². The molecular weight excluding hydrogens is 344 g/mol. The summed E-state index contributed by atoms with van der Waals surface area (Å²) in [5, 5.41) is 11.3. The van der Waals surface area contributed by atoms with Crippen LogP contribution in [0.2, 0.25) is 0 Å². The average molecular weight is 362 g/mol. The Morgan fingerprint density at radius 2 is 1.88 bits per heavy atom. The second-order valence-corrected chi connectivity index (χ2v) is 8.24. The molecule has 2 rings (SSSR count). The largest absolute Gasteiger partial charge is 0.586 e. The number of thioether (sulfide) groups is 1.